The third-order valence-electron chi connectivity index (χ3n) is 2.14. The fraction of sp³-hybridized carbons (Fsp3) is 0.455. The number of rotatable bonds is 3. The Morgan fingerprint density at radius 3 is 1.73 bits per heavy atom. The average Bonchev–Trinajstić information content (AvgIpc) is 2.15. The van der Waals surface area contributed by atoms with Crippen molar-refractivity contribution in [2.75, 3.05) is 20.0 Å². The van der Waals surface area contributed by atoms with Crippen LogP contribution in [-0.2, 0) is 0 Å². The molecule has 86 valence electrons. The SMILES string of the molecule is COc1cc(N)cc(OC)c1C(C)C.Cl. The van der Waals surface area contributed by atoms with Crippen molar-refractivity contribution >= 4 is 18.1 Å². The summed E-state index contributed by atoms with van der Waals surface area (Å²) < 4.78 is 10.5. The lowest BCUT2D eigenvalue weighted by atomic mass is 10.0. The maximum absolute atomic E-state index is 5.72. The van der Waals surface area contributed by atoms with Gasteiger partial charge in [0.05, 0.1) is 14.2 Å². The highest BCUT2D eigenvalue weighted by atomic mass is 35.5. The van der Waals surface area contributed by atoms with E-state index in [0.717, 1.165) is 17.1 Å². The third kappa shape index (κ3) is 2.93. The van der Waals surface area contributed by atoms with Crippen LogP contribution in [0.3, 0.4) is 0 Å². The Morgan fingerprint density at radius 1 is 1.07 bits per heavy atom. The summed E-state index contributed by atoms with van der Waals surface area (Å²) >= 11 is 0. The highest BCUT2D eigenvalue weighted by Gasteiger charge is 2.14. The number of hydrogen-bond acceptors (Lipinski definition) is 3. The molecule has 0 radical (unpaired) electrons. The molecule has 0 heterocycles. The van der Waals surface area contributed by atoms with Gasteiger partial charge in [0.15, 0.2) is 0 Å². The first-order valence-electron chi connectivity index (χ1n) is 4.61. The Hall–Kier alpha value is -1.09. The third-order valence-corrected chi connectivity index (χ3v) is 2.14. The molecule has 0 fully saturated rings. The maximum atomic E-state index is 5.72. The maximum Gasteiger partial charge on any atom is 0.128 e. The molecule has 0 aliphatic carbocycles. The molecular formula is C11H18ClNO2. The van der Waals surface area contributed by atoms with Gasteiger partial charge in [-0.25, -0.2) is 0 Å². The van der Waals surface area contributed by atoms with Crippen LogP contribution in [0.5, 0.6) is 11.5 Å². The summed E-state index contributed by atoms with van der Waals surface area (Å²) in [6, 6.07) is 3.63. The first kappa shape index (κ1) is 13.9. The van der Waals surface area contributed by atoms with Crippen LogP contribution in [0.2, 0.25) is 0 Å². The van der Waals surface area contributed by atoms with Gasteiger partial charge in [-0.2, -0.15) is 0 Å². The van der Waals surface area contributed by atoms with Crippen molar-refractivity contribution < 1.29 is 9.47 Å². The van der Waals surface area contributed by atoms with E-state index in [1.807, 2.05) is 12.1 Å². The normalized spacial score (nSPS) is 9.67. The summed E-state index contributed by atoms with van der Waals surface area (Å²) in [6.45, 7) is 4.19. The van der Waals surface area contributed by atoms with Crippen molar-refractivity contribution in [1.29, 1.82) is 0 Å². The van der Waals surface area contributed by atoms with Gasteiger partial charge in [0.2, 0.25) is 0 Å². The molecule has 2 N–H and O–H groups in total. The van der Waals surface area contributed by atoms with Gasteiger partial charge < -0.3 is 15.2 Å². The quantitative estimate of drug-likeness (QED) is 0.814. The molecule has 0 aliphatic rings. The number of anilines is 1. The first-order valence-corrected chi connectivity index (χ1v) is 4.61. The Morgan fingerprint density at radius 2 is 1.47 bits per heavy atom. The van der Waals surface area contributed by atoms with Gasteiger partial charge >= 0.3 is 0 Å². The summed E-state index contributed by atoms with van der Waals surface area (Å²) in [5, 5.41) is 0. The van der Waals surface area contributed by atoms with E-state index in [1.54, 1.807) is 14.2 Å². The van der Waals surface area contributed by atoms with Crippen molar-refractivity contribution in [3.8, 4) is 11.5 Å². The van der Waals surface area contributed by atoms with Crippen molar-refractivity contribution in [3.05, 3.63) is 17.7 Å². The van der Waals surface area contributed by atoms with Gasteiger partial charge in [-0.3, -0.25) is 0 Å². The predicted molar refractivity (Wildman–Crippen MR) is 65.3 cm³/mol. The first-order chi connectivity index (χ1) is 6.60. The van der Waals surface area contributed by atoms with Gasteiger partial charge in [0.1, 0.15) is 11.5 Å². The largest absolute Gasteiger partial charge is 0.496 e. The number of halogens is 1. The molecule has 0 atom stereocenters. The second-order valence-corrected chi connectivity index (χ2v) is 3.49. The molecule has 0 aromatic heterocycles. The average molecular weight is 232 g/mol. The summed E-state index contributed by atoms with van der Waals surface area (Å²) in [4.78, 5) is 0. The number of hydrogen-bond donors (Lipinski definition) is 1. The van der Waals surface area contributed by atoms with Crippen LogP contribution < -0.4 is 15.2 Å². The number of methoxy groups -OCH3 is 2. The van der Waals surface area contributed by atoms with E-state index in [2.05, 4.69) is 13.8 Å². The summed E-state index contributed by atoms with van der Waals surface area (Å²) in [5.41, 5.74) is 7.43. The van der Waals surface area contributed by atoms with Crippen LogP contribution in [0.25, 0.3) is 0 Å². The second kappa shape index (κ2) is 5.71. The lowest BCUT2D eigenvalue weighted by Crippen LogP contribution is -2.00. The molecule has 15 heavy (non-hydrogen) atoms. The van der Waals surface area contributed by atoms with Gasteiger partial charge in [0, 0.05) is 23.4 Å². The van der Waals surface area contributed by atoms with Crippen LogP contribution in [0.4, 0.5) is 5.69 Å². The number of ether oxygens (including phenoxy) is 2. The standard InChI is InChI=1S/C11H17NO2.ClH/c1-7(2)11-9(13-3)5-8(12)6-10(11)14-4;/h5-7H,12H2,1-4H3;1H. The van der Waals surface area contributed by atoms with Gasteiger partial charge in [-0.1, -0.05) is 13.8 Å². The fourth-order valence-electron chi connectivity index (χ4n) is 1.53. The van der Waals surface area contributed by atoms with Crippen LogP contribution in [0.15, 0.2) is 12.1 Å². The van der Waals surface area contributed by atoms with Gasteiger partial charge in [0.25, 0.3) is 0 Å². The summed E-state index contributed by atoms with van der Waals surface area (Å²) in [7, 11) is 3.28. The fourth-order valence-corrected chi connectivity index (χ4v) is 1.53. The van der Waals surface area contributed by atoms with Gasteiger partial charge in [-0.15, -0.1) is 12.4 Å². The molecule has 1 aromatic rings. The predicted octanol–water partition coefficient (Wildman–Crippen LogP) is 2.83. The summed E-state index contributed by atoms with van der Waals surface area (Å²) in [5.74, 6) is 1.93. The molecule has 1 aromatic carbocycles. The van der Waals surface area contributed by atoms with E-state index < -0.39 is 0 Å². The lowest BCUT2D eigenvalue weighted by Gasteiger charge is -2.16. The highest BCUT2D eigenvalue weighted by Crippen LogP contribution is 2.36. The minimum Gasteiger partial charge on any atom is -0.496 e. The zero-order valence-corrected chi connectivity index (χ0v) is 10.4. The van der Waals surface area contributed by atoms with E-state index in [-0.39, 0.29) is 12.4 Å². The molecule has 0 spiro atoms. The van der Waals surface area contributed by atoms with E-state index in [9.17, 15) is 0 Å². The van der Waals surface area contributed by atoms with Crippen molar-refractivity contribution in [2.24, 2.45) is 0 Å². The van der Waals surface area contributed by atoms with Crippen LogP contribution in [-0.4, -0.2) is 14.2 Å². The Bertz CT molecular complexity index is 301. The minimum absolute atomic E-state index is 0. The molecule has 0 saturated carbocycles. The number of nitrogens with two attached hydrogens (primary N) is 1. The Labute approximate surface area is 97.0 Å². The topological polar surface area (TPSA) is 44.5 Å². The minimum atomic E-state index is 0. The zero-order valence-electron chi connectivity index (χ0n) is 9.53. The van der Waals surface area contributed by atoms with E-state index in [0.29, 0.717) is 11.6 Å². The van der Waals surface area contributed by atoms with Crippen molar-refractivity contribution in [1.82, 2.24) is 0 Å². The molecule has 3 nitrogen and oxygen atoms in total. The Balaban J connectivity index is 0.00000196. The highest BCUT2D eigenvalue weighted by molar-refractivity contribution is 5.85. The summed E-state index contributed by atoms with van der Waals surface area (Å²) in [6.07, 6.45) is 0. The van der Waals surface area contributed by atoms with Gasteiger partial charge in [-0.05, 0) is 5.92 Å². The molecule has 0 amide bonds. The van der Waals surface area contributed by atoms with E-state index in [1.165, 1.54) is 0 Å². The molecule has 0 unspecified atom stereocenters. The molecular weight excluding hydrogens is 214 g/mol. The Kier molecular flexibility index (Phi) is 5.29. The number of nitrogen functional groups attached to an aromatic ring is 1. The zero-order chi connectivity index (χ0) is 10.7. The molecule has 1 rings (SSSR count). The molecule has 0 aliphatic heterocycles. The van der Waals surface area contributed by atoms with Crippen LogP contribution in [0.1, 0.15) is 25.3 Å². The molecule has 4 heteroatoms. The van der Waals surface area contributed by atoms with Crippen LogP contribution >= 0.6 is 12.4 Å². The molecule has 0 saturated heterocycles. The van der Waals surface area contributed by atoms with Crippen LogP contribution in [0, 0.1) is 0 Å². The van der Waals surface area contributed by atoms with Crippen molar-refractivity contribution in [3.63, 3.8) is 0 Å². The lowest BCUT2D eigenvalue weighted by molar-refractivity contribution is 0.382. The molecule has 0 bridgehead atoms. The van der Waals surface area contributed by atoms with Crippen molar-refractivity contribution in [2.45, 2.75) is 19.8 Å². The number of benzene rings is 1. The smallest absolute Gasteiger partial charge is 0.128 e. The van der Waals surface area contributed by atoms with E-state index >= 15 is 0 Å². The van der Waals surface area contributed by atoms with E-state index in [4.69, 9.17) is 15.2 Å². The second-order valence-electron chi connectivity index (χ2n) is 3.49. The monoisotopic (exact) mass is 231 g/mol.